The maximum absolute atomic E-state index is 12.4. The Labute approximate surface area is 100 Å². The highest BCUT2D eigenvalue weighted by atomic mass is 32.2. The molecule has 1 aliphatic rings. The summed E-state index contributed by atoms with van der Waals surface area (Å²) in [6, 6.07) is 5.07. The Morgan fingerprint density at radius 1 is 1.29 bits per heavy atom. The highest BCUT2D eigenvalue weighted by Crippen LogP contribution is 2.47. The zero-order chi connectivity index (χ0) is 12.8. The number of carboxylic acids is 1. The fourth-order valence-corrected chi connectivity index (χ4v) is 4.04. The van der Waals surface area contributed by atoms with Crippen molar-refractivity contribution in [2.45, 2.75) is 36.3 Å². The molecule has 0 aliphatic heterocycles. The Bertz CT molecular complexity index is 583. The van der Waals surface area contributed by atoms with E-state index in [9.17, 15) is 13.2 Å². The summed E-state index contributed by atoms with van der Waals surface area (Å²) >= 11 is 0. The molecule has 5 heteroatoms. The zero-order valence-electron chi connectivity index (χ0n) is 9.73. The molecule has 1 fully saturated rings. The predicted molar refractivity (Wildman–Crippen MR) is 62.7 cm³/mol. The zero-order valence-corrected chi connectivity index (χ0v) is 10.5. The third-order valence-corrected chi connectivity index (χ3v) is 5.87. The second-order valence-corrected chi connectivity index (χ2v) is 6.80. The molecule has 1 aromatic carbocycles. The van der Waals surface area contributed by atoms with Crippen molar-refractivity contribution in [2.24, 2.45) is 0 Å². The number of carboxylic acid groups (broad SMARTS) is 1. The highest BCUT2D eigenvalue weighted by Gasteiger charge is 2.62. The van der Waals surface area contributed by atoms with Crippen molar-refractivity contribution in [2.75, 3.05) is 0 Å². The third-order valence-electron chi connectivity index (χ3n) is 3.24. The number of carbonyl (C=O) groups is 1. The van der Waals surface area contributed by atoms with Crippen molar-refractivity contribution in [1.82, 2.24) is 0 Å². The van der Waals surface area contributed by atoms with Crippen LogP contribution < -0.4 is 0 Å². The summed E-state index contributed by atoms with van der Waals surface area (Å²) in [7, 11) is -3.78. The first-order chi connectivity index (χ1) is 7.81. The number of aliphatic carboxylic acids is 1. The Kier molecular flexibility index (Phi) is 2.54. The molecule has 0 aromatic heterocycles. The van der Waals surface area contributed by atoms with Crippen LogP contribution in [0.1, 0.15) is 24.0 Å². The van der Waals surface area contributed by atoms with E-state index in [1.54, 1.807) is 26.0 Å². The molecule has 1 saturated carbocycles. The van der Waals surface area contributed by atoms with Gasteiger partial charge in [-0.2, -0.15) is 0 Å². The highest BCUT2D eigenvalue weighted by molar-refractivity contribution is 7.94. The van der Waals surface area contributed by atoms with Crippen LogP contribution in [0.25, 0.3) is 0 Å². The normalized spacial score (nSPS) is 17.8. The van der Waals surface area contributed by atoms with Crippen molar-refractivity contribution in [3.05, 3.63) is 29.3 Å². The molecule has 0 heterocycles. The van der Waals surface area contributed by atoms with Crippen molar-refractivity contribution in [1.29, 1.82) is 0 Å². The Balaban J connectivity index is 2.61. The Hall–Kier alpha value is -1.36. The van der Waals surface area contributed by atoms with Gasteiger partial charge in [0.2, 0.25) is 0 Å². The molecule has 0 atom stereocenters. The smallest absolute Gasteiger partial charge is 0.325 e. The van der Waals surface area contributed by atoms with Gasteiger partial charge in [-0.1, -0.05) is 12.1 Å². The molecule has 17 heavy (non-hydrogen) atoms. The van der Waals surface area contributed by atoms with E-state index in [-0.39, 0.29) is 17.7 Å². The lowest BCUT2D eigenvalue weighted by atomic mass is 10.2. The average Bonchev–Trinajstić information content (AvgIpc) is 3.02. The van der Waals surface area contributed by atoms with Gasteiger partial charge in [-0.3, -0.25) is 4.79 Å². The molecule has 2 rings (SSSR count). The summed E-state index contributed by atoms with van der Waals surface area (Å²) in [4.78, 5) is 11.3. The van der Waals surface area contributed by atoms with E-state index in [0.29, 0.717) is 5.56 Å². The summed E-state index contributed by atoms with van der Waals surface area (Å²) in [5.41, 5.74) is 1.42. The predicted octanol–water partition coefficient (Wildman–Crippen LogP) is 1.69. The third kappa shape index (κ3) is 1.65. The molecule has 4 nitrogen and oxygen atoms in total. The SMILES string of the molecule is Cc1ccc(C)c(S(=O)(=O)C2(C(=O)O)CC2)c1. The van der Waals surface area contributed by atoms with Crippen molar-refractivity contribution in [3.8, 4) is 0 Å². The van der Waals surface area contributed by atoms with Gasteiger partial charge >= 0.3 is 5.97 Å². The fourth-order valence-electron chi connectivity index (χ4n) is 1.92. The van der Waals surface area contributed by atoms with Crippen molar-refractivity contribution >= 4 is 15.8 Å². The van der Waals surface area contributed by atoms with Gasteiger partial charge in [-0.05, 0) is 43.9 Å². The van der Waals surface area contributed by atoms with E-state index in [0.717, 1.165) is 5.56 Å². The van der Waals surface area contributed by atoms with Crippen LogP contribution in [0, 0.1) is 13.8 Å². The van der Waals surface area contributed by atoms with Crippen molar-refractivity contribution < 1.29 is 18.3 Å². The molecule has 0 spiro atoms. The summed E-state index contributed by atoms with van der Waals surface area (Å²) in [5, 5.41) is 9.08. The fraction of sp³-hybridized carbons (Fsp3) is 0.417. The summed E-state index contributed by atoms with van der Waals surface area (Å²) in [5.74, 6) is -1.24. The second kappa shape index (κ2) is 3.57. The van der Waals surface area contributed by atoms with Gasteiger partial charge in [0, 0.05) is 0 Å². The maximum atomic E-state index is 12.4. The monoisotopic (exact) mass is 254 g/mol. The standard InChI is InChI=1S/C12H14O4S/c1-8-3-4-9(2)10(7-8)17(15,16)12(5-6-12)11(13)14/h3-4,7H,5-6H2,1-2H3,(H,13,14). The minimum Gasteiger partial charge on any atom is -0.480 e. The molecule has 0 bridgehead atoms. The molecule has 0 radical (unpaired) electrons. The summed E-state index contributed by atoms with van der Waals surface area (Å²) < 4.78 is 23.1. The maximum Gasteiger partial charge on any atom is 0.325 e. The van der Waals surface area contributed by atoms with Gasteiger partial charge in [0.25, 0.3) is 0 Å². The minimum atomic E-state index is -3.78. The van der Waals surface area contributed by atoms with E-state index in [4.69, 9.17) is 5.11 Å². The lowest BCUT2D eigenvalue weighted by Crippen LogP contribution is -2.32. The van der Waals surface area contributed by atoms with Crippen LogP contribution in [0.2, 0.25) is 0 Å². The molecule has 92 valence electrons. The quantitative estimate of drug-likeness (QED) is 0.891. The van der Waals surface area contributed by atoms with Gasteiger partial charge in [0.05, 0.1) is 4.90 Å². The summed E-state index contributed by atoms with van der Waals surface area (Å²) in [6.07, 6.45) is 0.413. The number of rotatable bonds is 3. The lowest BCUT2D eigenvalue weighted by molar-refractivity contribution is -0.137. The summed E-state index contributed by atoms with van der Waals surface area (Å²) in [6.45, 7) is 3.48. The molecule has 0 amide bonds. The molecule has 0 unspecified atom stereocenters. The molecule has 1 N–H and O–H groups in total. The van der Waals surface area contributed by atoms with Gasteiger partial charge < -0.3 is 5.11 Å². The number of aryl methyl sites for hydroxylation is 2. The number of benzene rings is 1. The van der Waals surface area contributed by atoms with Crippen LogP contribution in [0.4, 0.5) is 0 Å². The van der Waals surface area contributed by atoms with Gasteiger partial charge in [-0.25, -0.2) is 8.42 Å². The van der Waals surface area contributed by atoms with E-state index in [1.165, 1.54) is 0 Å². The van der Waals surface area contributed by atoms with Crippen LogP contribution in [-0.4, -0.2) is 24.2 Å². The minimum absolute atomic E-state index is 0.150. The lowest BCUT2D eigenvalue weighted by Gasteiger charge is -2.14. The first-order valence-corrected chi connectivity index (χ1v) is 6.85. The molecular formula is C12H14O4S. The first-order valence-electron chi connectivity index (χ1n) is 5.36. The van der Waals surface area contributed by atoms with Gasteiger partial charge in [0.15, 0.2) is 14.6 Å². The average molecular weight is 254 g/mol. The van der Waals surface area contributed by atoms with E-state index in [1.807, 2.05) is 6.07 Å². The Morgan fingerprint density at radius 2 is 1.88 bits per heavy atom. The van der Waals surface area contributed by atoms with Crippen LogP contribution in [-0.2, 0) is 14.6 Å². The molecule has 1 aromatic rings. The second-order valence-electron chi connectivity index (χ2n) is 4.57. The van der Waals surface area contributed by atoms with Crippen LogP contribution in [0.15, 0.2) is 23.1 Å². The van der Waals surface area contributed by atoms with Crippen LogP contribution in [0.3, 0.4) is 0 Å². The van der Waals surface area contributed by atoms with E-state index in [2.05, 4.69) is 0 Å². The topological polar surface area (TPSA) is 71.4 Å². The van der Waals surface area contributed by atoms with Crippen LogP contribution in [0.5, 0.6) is 0 Å². The number of hydrogen-bond acceptors (Lipinski definition) is 3. The largest absolute Gasteiger partial charge is 0.480 e. The van der Waals surface area contributed by atoms with Crippen LogP contribution >= 0.6 is 0 Å². The van der Waals surface area contributed by atoms with Gasteiger partial charge in [-0.15, -0.1) is 0 Å². The van der Waals surface area contributed by atoms with E-state index >= 15 is 0 Å². The van der Waals surface area contributed by atoms with E-state index < -0.39 is 20.6 Å². The molecule has 1 aliphatic carbocycles. The Morgan fingerprint density at radius 3 is 2.35 bits per heavy atom. The van der Waals surface area contributed by atoms with Gasteiger partial charge in [0.1, 0.15) is 0 Å². The number of sulfone groups is 1. The first kappa shape index (κ1) is 12.1. The molecule has 0 saturated heterocycles. The van der Waals surface area contributed by atoms with Crippen molar-refractivity contribution in [3.63, 3.8) is 0 Å². The number of hydrogen-bond donors (Lipinski definition) is 1. The molecular weight excluding hydrogens is 240 g/mol.